The third-order valence-corrected chi connectivity index (χ3v) is 3.41. The number of rotatable bonds is 3. The van der Waals surface area contributed by atoms with E-state index in [2.05, 4.69) is 4.90 Å². The van der Waals surface area contributed by atoms with Crippen LogP contribution in [0.5, 0.6) is 0 Å². The average Bonchev–Trinajstić information content (AvgIpc) is 2.33. The molecule has 1 heterocycles. The highest BCUT2D eigenvalue weighted by Crippen LogP contribution is 2.20. The largest absolute Gasteiger partial charge is 0.299 e. The van der Waals surface area contributed by atoms with Gasteiger partial charge in [-0.15, -0.1) is 0 Å². The predicted octanol–water partition coefficient (Wildman–Crippen LogP) is 3.14. The van der Waals surface area contributed by atoms with Gasteiger partial charge in [0.1, 0.15) is 6.29 Å². The molecule has 1 aromatic rings. The van der Waals surface area contributed by atoms with E-state index in [1.165, 1.54) is 19.3 Å². The first-order chi connectivity index (χ1) is 7.79. The molecule has 1 saturated heterocycles. The minimum atomic E-state index is 0.646. The molecule has 1 fully saturated rings. The van der Waals surface area contributed by atoms with Crippen LogP contribution >= 0.6 is 11.6 Å². The number of likely N-dealkylation sites (tertiary alicyclic amines) is 1. The van der Waals surface area contributed by atoms with E-state index < -0.39 is 0 Å². The number of benzene rings is 1. The molecule has 0 unspecified atom stereocenters. The van der Waals surface area contributed by atoms with E-state index >= 15 is 0 Å². The maximum atomic E-state index is 10.6. The van der Waals surface area contributed by atoms with Crippen LogP contribution in [-0.4, -0.2) is 24.3 Å². The molecular formula is C13H16ClNO. The Bertz CT molecular complexity index is 372. The molecule has 0 spiro atoms. The number of piperidine rings is 1. The summed E-state index contributed by atoms with van der Waals surface area (Å²) in [5.41, 5.74) is 1.77. The van der Waals surface area contributed by atoms with Crippen molar-refractivity contribution in [1.29, 1.82) is 0 Å². The zero-order chi connectivity index (χ0) is 11.4. The van der Waals surface area contributed by atoms with Gasteiger partial charge in [0.05, 0.1) is 0 Å². The molecule has 0 N–H and O–H groups in total. The van der Waals surface area contributed by atoms with Gasteiger partial charge in [0.2, 0.25) is 0 Å². The molecule has 0 aliphatic carbocycles. The molecule has 0 amide bonds. The van der Waals surface area contributed by atoms with E-state index in [0.29, 0.717) is 10.6 Å². The van der Waals surface area contributed by atoms with Crippen molar-refractivity contribution in [2.24, 2.45) is 0 Å². The summed E-state index contributed by atoms with van der Waals surface area (Å²) in [7, 11) is 0. The Hall–Kier alpha value is -0.860. The van der Waals surface area contributed by atoms with Crippen molar-refractivity contribution in [3.63, 3.8) is 0 Å². The summed E-state index contributed by atoms with van der Waals surface area (Å²) in [6.45, 7) is 3.22. The van der Waals surface area contributed by atoms with Crippen molar-refractivity contribution in [2.75, 3.05) is 13.1 Å². The van der Waals surface area contributed by atoms with Crippen molar-refractivity contribution in [2.45, 2.75) is 25.8 Å². The number of carbonyl (C=O) groups is 1. The standard InChI is InChI=1S/C13H16ClNO/c14-13-8-11(10-16)4-5-12(13)9-15-6-2-1-3-7-15/h4-5,8,10H,1-3,6-7,9H2. The van der Waals surface area contributed by atoms with Gasteiger partial charge in [0.15, 0.2) is 0 Å². The van der Waals surface area contributed by atoms with Gasteiger partial charge in [0.25, 0.3) is 0 Å². The maximum absolute atomic E-state index is 10.6. The number of aldehydes is 1. The molecule has 1 aliphatic rings. The van der Waals surface area contributed by atoms with Gasteiger partial charge >= 0.3 is 0 Å². The smallest absolute Gasteiger partial charge is 0.150 e. The number of nitrogens with zero attached hydrogens (tertiary/aromatic N) is 1. The van der Waals surface area contributed by atoms with Crippen LogP contribution in [0.1, 0.15) is 35.2 Å². The lowest BCUT2D eigenvalue weighted by atomic mass is 10.1. The Morgan fingerprint density at radius 3 is 2.62 bits per heavy atom. The molecule has 1 aliphatic heterocycles. The average molecular weight is 238 g/mol. The van der Waals surface area contributed by atoms with Crippen LogP contribution in [0, 0.1) is 0 Å². The highest BCUT2D eigenvalue weighted by molar-refractivity contribution is 6.31. The monoisotopic (exact) mass is 237 g/mol. The molecule has 2 nitrogen and oxygen atoms in total. The molecule has 0 aromatic heterocycles. The van der Waals surface area contributed by atoms with Gasteiger partial charge in [-0.1, -0.05) is 30.2 Å². The SMILES string of the molecule is O=Cc1ccc(CN2CCCCC2)c(Cl)c1. The first-order valence-electron chi connectivity index (χ1n) is 5.75. The zero-order valence-electron chi connectivity index (χ0n) is 9.29. The highest BCUT2D eigenvalue weighted by Gasteiger charge is 2.12. The summed E-state index contributed by atoms with van der Waals surface area (Å²) in [5, 5.41) is 0.704. The van der Waals surface area contributed by atoms with Crippen molar-refractivity contribution in [3.8, 4) is 0 Å². The minimum Gasteiger partial charge on any atom is -0.299 e. The number of halogens is 1. The molecule has 86 valence electrons. The first kappa shape index (κ1) is 11.6. The van der Waals surface area contributed by atoms with Gasteiger partial charge in [-0.25, -0.2) is 0 Å². The minimum absolute atomic E-state index is 0.646. The zero-order valence-corrected chi connectivity index (χ0v) is 10.0. The van der Waals surface area contributed by atoms with E-state index in [0.717, 1.165) is 31.5 Å². The maximum Gasteiger partial charge on any atom is 0.150 e. The third-order valence-electron chi connectivity index (χ3n) is 3.06. The fraction of sp³-hybridized carbons (Fsp3) is 0.462. The molecule has 1 aromatic carbocycles. The summed E-state index contributed by atoms with van der Waals surface area (Å²) in [6, 6.07) is 5.53. The summed E-state index contributed by atoms with van der Waals surface area (Å²) in [6.07, 6.45) is 4.74. The second-order valence-electron chi connectivity index (χ2n) is 4.31. The molecular weight excluding hydrogens is 222 g/mol. The van der Waals surface area contributed by atoms with Crippen molar-refractivity contribution >= 4 is 17.9 Å². The summed E-state index contributed by atoms with van der Waals surface area (Å²) >= 11 is 6.14. The molecule has 0 saturated carbocycles. The van der Waals surface area contributed by atoms with Crippen molar-refractivity contribution in [3.05, 3.63) is 34.3 Å². The second-order valence-corrected chi connectivity index (χ2v) is 4.71. The van der Waals surface area contributed by atoms with E-state index in [-0.39, 0.29) is 0 Å². The predicted molar refractivity (Wildman–Crippen MR) is 66.0 cm³/mol. The number of hydrogen-bond donors (Lipinski definition) is 0. The van der Waals surface area contributed by atoms with E-state index in [4.69, 9.17) is 11.6 Å². The van der Waals surface area contributed by atoms with Crippen molar-refractivity contribution < 1.29 is 4.79 Å². The number of hydrogen-bond acceptors (Lipinski definition) is 2. The van der Waals surface area contributed by atoms with Gasteiger partial charge in [-0.05, 0) is 37.6 Å². The Kier molecular flexibility index (Phi) is 3.97. The van der Waals surface area contributed by atoms with E-state index in [1.54, 1.807) is 6.07 Å². The Balaban J connectivity index is 2.05. The lowest BCUT2D eigenvalue weighted by Gasteiger charge is -2.26. The topological polar surface area (TPSA) is 20.3 Å². The van der Waals surface area contributed by atoms with Gasteiger partial charge < -0.3 is 0 Å². The number of carbonyl (C=O) groups excluding carboxylic acids is 1. The van der Waals surface area contributed by atoms with Gasteiger partial charge in [-0.3, -0.25) is 9.69 Å². The second kappa shape index (κ2) is 5.46. The molecule has 3 heteroatoms. The summed E-state index contributed by atoms with van der Waals surface area (Å²) in [5.74, 6) is 0. The third kappa shape index (κ3) is 2.83. The van der Waals surface area contributed by atoms with Crippen LogP contribution in [-0.2, 0) is 6.54 Å². The summed E-state index contributed by atoms with van der Waals surface area (Å²) < 4.78 is 0. The molecule has 0 radical (unpaired) electrons. The highest BCUT2D eigenvalue weighted by atomic mass is 35.5. The Labute approximate surface area is 101 Å². The fourth-order valence-electron chi connectivity index (χ4n) is 2.12. The molecule has 0 atom stereocenters. The van der Waals surface area contributed by atoms with Crippen LogP contribution in [0.4, 0.5) is 0 Å². The lowest BCUT2D eigenvalue weighted by Crippen LogP contribution is -2.29. The first-order valence-corrected chi connectivity index (χ1v) is 6.13. The van der Waals surface area contributed by atoms with E-state index in [9.17, 15) is 4.79 Å². The fourth-order valence-corrected chi connectivity index (χ4v) is 2.37. The Morgan fingerprint density at radius 2 is 2.00 bits per heavy atom. The van der Waals surface area contributed by atoms with Crippen LogP contribution in [0.2, 0.25) is 5.02 Å². The van der Waals surface area contributed by atoms with E-state index in [1.807, 2.05) is 12.1 Å². The van der Waals surface area contributed by atoms with Crippen LogP contribution in [0.3, 0.4) is 0 Å². The van der Waals surface area contributed by atoms with Crippen LogP contribution < -0.4 is 0 Å². The van der Waals surface area contributed by atoms with Crippen molar-refractivity contribution in [1.82, 2.24) is 4.90 Å². The lowest BCUT2D eigenvalue weighted by molar-refractivity contribution is 0.112. The van der Waals surface area contributed by atoms with Gasteiger partial charge in [0, 0.05) is 17.1 Å². The summed E-state index contributed by atoms with van der Waals surface area (Å²) in [4.78, 5) is 13.0. The molecule has 2 rings (SSSR count). The molecule has 16 heavy (non-hydrogen) atoms. The van der Waals surface area contributed by atoms with Crippen LogP contribution in [0.15, 0.2) is 18.2 Å². The normalized spacial score (nSPS) is 17.3. The van der Waals surface area contributed by atoms with Gasteiger partial charge in [-0.2, -0.15) is 0 Å². The quantitative estimate of drug-likeness (QED) is 0.753. The van der Waals surface area contributed by atoms with Crippen LogP contribution in [0.25, 0.3) is 0 Å². The Morgan fingerprint density at radius 1 is 1.25 bits per heavy atom. The molecule has 0 bridgehead atoms.